The summed E-state index contributed by atoms with van der Waals surface area (Å²) >= 11 is 0. The summed E-state index contributed by atoms with van der Waals surface area (Å²) in [6, 6.07) is 1.95. The van der Waals surface area contributed by atoms with E-state index in [4.69, 9.17) is 4.42 Å². The Morgan fingerprint density at radius 3 is 2.72 bits per heavy atom. The Morgan fingerprint density at radius 1 is 1.50 bits per heavy atom. The number of carbonyl (C=O) groups is 2. The molecular formula is C9H8N4O5. The Bertz CT molecular complexity index is 549. The van der Waals surface area contributed by atoms with Gasteiger partial charge in [0, 0.05) is 7.05 Å². The van der Waals surface area contributed by atoms with Crippen LogP contribution in [-0.4, -0.2) is 46.6 Å². The molecule has 18 heavy (non-hydrogen) atoms. The van der Waals surface area contributed by atoms with E-state index in [0.29, 0.717) is 0 Å². The van der Waals surface area contributed by atoms with Gasteiger partial charge in [-0.05, 0) is 6.07 Å². The van der Waals surface area contributed by atoms with Crippen molar-refractivity contribution in [3.8, 4) is 0 Å². The van der Waals surface area contributed by atoms with Gasteiger partial charge in [0.25, 0.3) is 5.91 Å². The van der Waals surface area contributed by atoms with Gasteiger partial charge in [0.2, 0.25) is 0 Å². The Balaban J connectivity index is 2.09. The maximum Gasteiger partial charge on any atom is 0.433 e. The molecule has 0 bridgehead atoms. The van der Waals surface area contributed by atoms with Crippen molar-refractivity contribution >= 4 is 24.0 Å². The van der Waals surface area contributed by atoms with Gasteiger partial charge in [0.15, 0.2) is 5.76 Å². The first-order chi connectivity index (χ1) is 8.49. The minimum atomic E-state index is -0.685. The number of furan rings is 1. The van der Waals surface area contributed by atoms with Gasteiger partial charge in [-0.3, -0.25) is 19.8 Å². The molecule has 0 aromatic carbocycles. The quantitative estimate of drug-likeness (QED) is 0.335. The molecule has 0 aliphatic carbocycles. The first kappa shape index (κ1) is 11.8. The lowest BCUT2D eigenvalue weighted by Crippen LogP contribution is -2.26. The van der Waals surface area contributed by atoms with Crippen LogP contribution in [0, 0.1) is 10.1 Å². The van der Waals surface area contributed by atoms with Crippen LogP contribution in [0.15, 0.2) is 21.7 Å². The number of urea groups is 1. The third-order valence-electron chi connectivity index (χ3n) is 2.28. The molecule has 9 nitrogen and oxygen atoms in total. The maximum atomic E-state index is 11.4. The molecule has 0 N–H and O–H groups in total. The first-order valence-electron chi connectivity index (χ1n) is 4.85. The molecule has 1 aromatic heterocycles. The minimum absolute atomic E-state index is 0.122. The fourth-order valence-electron chi connectivity index (χ4n) is 1.31. The number of likely N-dealkylation sites (N-methyl/N-ethyl adjacent to an activating group) is 1. The fraction of sp³-hybridized carbons (Fsp3) is 0.222. The summed E-state index contributed by atoms with van der Waals surface area (Å²) in [5.41, 5.74) is 0. The van der Waals surface area contributed by atoms with Crippen molar-refractivity contribution < 1.29 is 18.9 Å². The Kier molecular flexibility index (Phi) is 2.80. The number of nitrogens with zero attached hydrogens (tertiary/aromatic N) is 4. The summed E-state index contributed by atoms with van der Waals surface area (Å²) in [6.07, 6.45) is 1.14. The van der Waals surface area contributed by atoms with Crippen LogP contribution in [-0.2, 0) is 4.79 Å². The Hall–Kier alpha value is -2.71. The Morgan fingerprint density at radius 2 is 2.22 bits per heavy atom. The van der Waals surface area contributed by atoms with Crippen molar-refractivity contribution in [1.29, 1.82) is 0 Å². The molecule has 1 aliphatic heterocycles. The minimum Gasteiger partial charge on any atom is -0.400 e. The molecule has 1 fully saturated rings. The fourth-order valence-corrected chi connectivity index (χ4v) is 1.31. The van der Waals surface area contributed by atoms with Gasteiger partial charge in [0.1, 0.15) is 11.5 Å². The van der Waals surface area contributed by atoms with Gasteiger partial charge in [0.05, 0.1) is 12.3 Å². The average Bonchev–Trinajstić information content (AvgIpc) is 2.88. The van der Waals surface area contributed by atoms with Gasteiger partial charge in [-0.2, -0.15) is 5.10 Å². The third kappa shape index (κ3) is 2.05. The third-order valence-corrected chi connectivity index (χ3v) is 2.28. The van der Waals surface area contributed by atoms with Crippen LogP contribution in [0.1, 0.15) is 5.76 Å². The van der Waals surface area contributed by atoms with E-state index < -0.39 is 16.8 Å². The predicted molar refractivity (Wildman–Crippen MR) is 57.8 cm³/mol. The predicted octanol–water partition coefficient (Wildman–Crippen LogP) is 0.416. The lowest BCUT2D eigenvalue weighted by Gasteiger charge is -2.06. The van der Waals surface area contributed by atoms with Gasteiger partial charge >= 0.3 is 11.9 Å². The van der Waals surface area contributed by atoms with Crippen LogP contribution < -0.4 is 0 Å². The highest BCUT2D eigenvalue weighted by atomic mass is 16.6. The van der Waals surface area contributed by atoms with E-state index in [2.05, 4.69) is 5.10 Å². The summed E-state index contributed by atoms with van der Waals surface area (Å²) in [5.74, 6) is -0.670. The van der Waals surface area contributed by atoms with Crippen LogP contribution in [0.25, 0.3) is 0 Å². The number of hydrogen-bond acceptors (Lipinski definition) is 6. The monoisotopic (exact) mass is 252 g/mol. The van der Waals surface area contributed by atoms with E-state index >= 15 is 0 Å². The van der Waals surface area contributed by atoms with Gasteiger partial charge in [-0.15, -0.1) is 0 Å². The van der Waals surface area contributed by atoms with E-state index in [9.17, 15) is 19.7 Å². The van der Waals surface area contributed by atoms with Crippen molar-refractivity contribution in [2.75, 3.05) is 13.6 Å². The first-order valence-corrected chi connectivity index (χ1v) is 4.85. The van der Waals surface area contributed by atoms with Gasteiger partial charge in [-0.25, -0.2) is 9.80 Å². The molecular weight excluding hydrogens is 244 g/mol. The van der Waals surface area contributed by atoms with Crippen molar-refractivity contribution in [2.24, 2.45) is 5.10 Å². The molecule has 2 heterocycles. The molecule has 1 saturated heterocycles. The van der Waals surface area contributed by atoms with Crippen molar-refractivity contribution in [2.45, 2.75) is 0 Å². The molecule has 0 atom stereocenters. The molecule has 0 saturated carbocycles. The zero-order valence-electron chi connectivity index (χ0n) is 9.27. The summed E-state index contributed by atoms with van der Waals surface area (Å²) < 4.78 is 4.81. The molecule has 1 aromatic rings. The summed E-state index contributed by atoms with van der Waals surface area (Å²) in [7, 11) is 1.35. The highest BCUT2D eigenvalue weighted by Gasteiger charge is 2.32. The second kappa shape index (κ2) is 4.28. The van der Waals surface area contributed by atoms with Gasteiger partial charge < -0.3 is 4.42 Å². The van der Waals surface area contributed by atoms with Gasteiger partial charge in [-0.1, -0.05) is 0 Å². The van der Waals surface area contributed by atoms with Crippen molar-refractivity contribution in [3.05, 3.63) is 28.0 Å². The Labute approximate surface area is 100 Å². The van der Waals surface area contributed by atoms with E-state index in [0.717, 1.165) is 16.1 Å². The second-order valence-electron chi connectivity index (χ2n) is 3.47. The van der Waals surface area contributed by atoms with Crippen LogP contribution >= 0.6 is 0 Å². The van der Waals surface area contributed by atoms with Crippen LogP contribution in [0.5, 0.6) is 0 Å². The number of carbonyl (C=O) groups excluding carboxylic acids is 2. The summed E-state index contributed by atoms with van der Waals surface area (Å²) in [4.78, 5) is 33.2. The van der Waals surface area contributed by atoms with E-state index in [1.807, 2.05) is 0 Å². The number of hydrazone groups is 1. The maximum absolute atomic E-state index is 11.4. The number of nitro groups is 1. The molecule has 1 aliphatic rings. The molecule has 9 heteroatoms. The van der Waals surface area contributed by atoms with E-state index in [1.165, 1.54) is 19.2 Å². The standard InChI is InChI=1S/C9H8N4O5/c1-11-7(14)5-12(9(11)15)10-4-6-2-3-8(18-6)13(16)17/h2-4H,5H2,1H3. The largest absolute Gasteiger partial charge is 0.433 e. The smallest absolute Gasteiger partial charge is 0.400 e. The molecule has 94 valence electrons. The van der Waals surface area contributed by atoms with Crippen molar-refractivity contribution in [3.63, 3.8) is 0 Å². The molecule has 3 amide bonds. The lowest BCUT2D eigenvalue weighted by molar-refractivity contribution is -0.402. The number of imide groups is 1. The molecule has 2 rings (SSSR count). The summed E-state index contributed by atoms with van der Waals surface area (Å²) in [6.45, 7) is -0.158. The van der Waals surface area contributed by atoms with E-state index in [-0.39, 0.29) is 18.2 Å². The molecule has 0 spiro atoms. The number of hydrogen-bond donors (Lipinski definition) is 0. The van der Waals surface area contributed by atoms with E-state index in [1.54, 1.807) is 0 Å². The lowest BCUT2D eigenvalue weighted by atomic mass is 10.5. The van der Waals surface area contributed by atoms with Crippen LogP contribution in [0.4, 0.5) is 10.7 Å². The second-order valence-corrected chi connectivity index (χ2v) is 3.47. The normalized spacial score (nSPS) is 16.1. The van der Waals surface area contributed by atoms with Crippen molar-refractivity contribution in [1.82, 2.24) is 9.91 Å². The number of amides is 3. The topological polar surface area (TPSA) is 109 Å². The number of rotatable bonds is 3. The highest BCUT2D eigenvalue weighted by Crippen LogP contribution is 2.14. The zero-order chi connectivity index (χ0) is 13.3. The SMILES string of the molecule is CN1C(=O)CN(N=Cc2ccc([N+](=O)[O-])o2)C1=O. The zero-order valence-corrected chi connectivity index (χ0v) is 9.27. The summed E-state index contributed by atoms with van der Waals surface area (Å²) in [5, 5.41) is 15.0. The highest BCUT2D eigenvalue weighted by molar-refractivity contribution is 6.01. The molecule has 0 radical (unpaired) electrons. The molecule has 0 unspecified atom stereocenters. The van der Waals surface area contributed by atoms with Crippen LogP contribution in [0.2, 0.25) is 0 Å². The van der Waals surface area contributed by atoms with Crippen LogP contribution in [0.3, 0.4) is 0 Å². The average molecular weight is 252 g/mol.